The Hall–Kier alpha value is -1.88. The highest BCUT2D eigenvalue weighted by Crippen LogP contribution is 2.10. The van der Waals surface area contributed by atoms with E-state index in [1.165, 1.54) is 0 Å². The molecule has 1 rings (SSSR count). The van der Waals surface area contributed by atoms with Gasteiger partial charge >= 0.3 is 5.97 Å². The minimum Gasteiger partial charge on any atom is -0.480 e. The van der Waals surface area contributed by atoms with Crippen molar-refractivity contribution in [3.63, 3.8) is 0 Å². The summed E-state index contributed by atoms with van der Waals surface area (Å²) < 4.78 is 0. The predicted molar refractivity (Wildman–Crippen MR) is 58.9 cm³/mol. The van der Waals surface area contributed by atoms with Gasteiger partial charge in [-0.15, -0.1) is 0 Å². The van der Waals surface area contributed by atoms with Crippen molar-refractivity contribution >= 4 is 11.9 Å². The third kappa shape index (κ3) is 3.36. The van der Waals surface area contributed by atoms with E-state index in [2.05, 4.69) is 0 Å². The van der Waals surface area contributed by atoms with Gasteiger partial charge in [-0.1, -0.05) is 18.2 Å². The summed E-state index contributed by atoms with van der Waals surface area (Å²) >= 11 is 0. The van der Waals surface area contributed by atoms with Crippen LogP contribution in [0.15, 0.2) is 24.3 Å². The fraction of sp³-hybridized carbons (Fsp3) is 0.273. The number of carboxylic acids is 1. The number of hydrogen-bond donors (Lipinski definition) is 2. The SMILES string of the molecule is CN(CC(=O)O)Cc1ccccc1C(N)=O. The van der Waals surface area contributed by atoms with Crippen LogP contribution in [-0.4, -0.2) is 35.5 Å². The lowest BCUT2D eigenvalue weighted by molar-refractivity contribution is -0.138. The first-order valence-corrected chi connectivity index (χ1v) is 4.78. The van der Waals surface area contributed by atoms with Gasteiger partial charge in [0, 0.05) is 12.1 Å². The molecule has 0 aliphatic rings. The van der Waals surface area contributed by atoms with Gasteiger partial charge in [-0.05, 0) is 18.7 Å². The molecule has 3 N–H and O–H groups in total. The number of rotatable bonds is 5. The van der Waals surface area contributed by atoms with Crippen LogP contribution in [0.1, 0.15) is 15.9 Å². The molecular weight excluding hydrogens is 208 g/mol. The number of benzene rings is 1. The predicted octanol–water partition coefficient (Wildman–Crippen LogP) is 0.302. The lowest BCUT2D eigenvalue weighted by Gasteiger charge is -2.15. The molecule has 0 aliphatic carbocycles. The number of primary amides is 1. The summed E-state index contributed by atoms with van der Waals surface area (Å²) in [5, 5.41) is 8.61. The van der Waals surface area contributed by atoms with E-state index >= 15 is 0 Å². The van der Waals surface area contributed by atoms with Crippen molar-refractivity contribution in [3.8, 4) is 0 Å². The molecule has 16 heavy (non-hydrogen) atoms. The van der Waals surface area contributed by atoms with Gasteiger partial charge in [0.1, 0.15) is 0 Å². The van der Waals surface area contributed by atoms with Gasteiger partial charge in [0.15, 0.2) is 0 Å². The highest BCUT2D eigenvalue weighted by molar-refractivity contribution is 5.94. The van der Waals surface area contributed by atoms with Crippen LogP contribution in [0.5, 0.6) is 0 Å². The highest BCUT2D eigenvalue weighted by Gasteiger charge is 2.10. The monoisotopic (exact) mass is 222 g/mol. The zero-order valence-corrected chi connectivity index (χ0v) is 9.01. The first kappa shape index (κ1) is 12.2. The Morgan fingerprint density at radius 1 is 1.38 bits per heavy atom. The zero-order valence-electron chi connectivity index (χ0n) is 9.01. The molecule has 1 aromatic rings. The van der Waals surface area contributed by atoms with E-state index in [0.29, 0.717) is 12.1 Å². The number of amides is 1. The van der Waals surface area contributed by atoms with Crippen LogP contribution in [0.2, 0.25) is 0 Å². The molecule has 0 atom stereocenters. The van der Waals surface area contributed by atoms with Gasteiger partial charge in [0.2, 0.25) is 5.91 Å². The molecule has 1 aromatic carbocycles. The number of aliphatic carboxylic acids is 1. The van der Waals surface area contributed by atoms with E-state index in [0.717, 1.165) is 5.56 Å². The van der Waals surface area contributed by atoms with Gasteiger partial charge in [-0.2, -0.15) is 0 Å². The standard InChI is InChI=1S/C11H14N2O3/c1-13(7-10(14)15)6-8-4-2-3-5-9(8)11(12)16/h2-5H,6-7H2,1H3,(H2,12,16)(H,14,15). The van der Waals surface area contributed by atoms with Gasteiger partial charge < -0.3 is 10.8 Å². The molecule has 0 aromatic heterocycles. The minimum atomic E-state index is -0.904. The van der Waals surface area contributed by atoms with Crippen LogP contribution >= 0.6 is 0 Å². The molecule has 0 fully saturated rings. The van der Waals surface area contributed by atoms with Crippen LogP contribution < -0.4 is 5.73 Å². The average Bonchev–Trinajstić information content (AvgIpc) is 2.16. The Morgan fingerprint density at radius 2 is 2.00 bits per heavy atom. The Labute approximate surface area is 93.5 Å². The van der Waals surface area contributed by atoms with Crippen LogP contribution in [0.25, 0.3) is 0 Å². The second-order valence-electron chi connectivity index (χ2n) is 3.59. The summed E-state index contributed by atoms with van der Waals surface area (Å²) in [6.07, 6.45) is 0. The first-order chi connectivity index (χ1) is 7.50. The smallest absolute Gasteiger partial charge is 0.317 e. The van der Waals surface area contributed by atoms with Gasteiger partial charge in [-0.3, -0.25) is 14.5 Å². The van der Waals surface area contributed by atoms with Crippen molar-refractivity contribution in [2.24, 2.45) is 5.73 Å². The molecule has 5 nitrogen and oxygen atoms in total. The Balaban J connectivity index is 2.80. The molecule has 0 radical (unpaired) electrons. The molecule has 0 unspecified atom stereocenters. The van der Waals surface area contributed by atoms with Gasteiger partial charge in [0.25, 0.3) is 0 Å². The first-order valence-electron chi connectivity index (χ1n) is 4.78. The number of carbonyl (C=O) groups is 2. The Bertz CT molecular complexity index is 404. The summed E-state index contributed by atoms with van der Waals surface area (Å²) in [5.74, 6) is -1.40. The van der Waals surface area contributed by atoms with Crippen LogP contribution in [0.3, 0.4) is 0 Å². The molecule has 86 valence electrons. The molecule has 0 bridgehead atoms. The molecule has 5 heteroatoms. The van der Waals surface area contributed by atoms with E-state index < -0.39 is 11.9 Å². The number of nitrogens with zero attached hydrogens (tertiary/aromatic N) is 1. The van der Waals surface area contributed by atoms with E-state index in [-0.39, 0.29) is 6.54 Å². The van der Waals surface area contributed by atoms with E-state index in [1.807, 2.05) is 0 Å². The molecule has 0 heterocycles. The lowest BCUT2D eigenvalue weighted by atomic mass is 10.1. The normalized spacial score (nSPS) is 10.4. The van der Waals surface area contributed by atoms with Crippen molar-refractivity contribution in [1.82, 2.24) is 4.90 Å². The summed E-state index contributed by atoms with van der Waals surface area (Å²) in [4.78, 5) is 23.2. The van der Waals surface area contributed by atoms with E-state index in [9.17, 15) is 9.59 Å². The number of carboxylic acid groups (broad SMARTS) is 1. The summed E-state index contributed by atoms with van der Waals surface area (Å²) in [7, 11) is 1.67. The Morgan fingerprint density at radius 3 is 2.56 bits per heavy atom. The topological polar surface area (TPSA) is 83.6 Å². The van der Waals surface area contributed by atoms with E-state index in [4.69, 9.17) is 10.8 Å². The largest absolute Gasteiger partial charge is 0.480 e. The van der Waals surface area contributed by atoms with E-state index in [1.54, 1.807) is 36.2 Å². The second kappa shape index (κ2) is 5.27. The molecule has 0 aliphatic heterocycles. The fourth-order valence-corrected chi connectivity index (χ4v) is 1.48. The number of hydrogen-bond acceptors (Lipinski definition) is 3. The third-order valence-corrected chi connectivity index (χ3v) is 2.13. The maximum atomic E-state index is 11.1. The number of carbonyl (C=O) groups excluding carboxylic acids is 1. The van der Waals surface area contributed by atoms with Gasteiger partial charge in [0.05, 0.1) is 6.54 Å². The third-order valence-electron chi connectivity index (χ3n) is 2.13. The van der Waals surface area contributed by atoms with Gasteiger partial charge in [-0.25, -0.2) is 0 Å². The molecule has 0 saturated heterocycles. The van der Waals surface area contributed by atoms with Crippen molar-refractivity contribution in [2.45, 2.75) is 6.54 Å². The number of nitrogens with two attached hydrogens (primary N) is 1. The molecule has 0 spiro atoms. The molecular formula is C11H14N2O3. The van der Waals surface area contributed by atoms with Crippen LogP contribution in [0, 0.1) is 0 Å². The lowest BCUT2D eigenvalue weighted by Crippen LogP contribution is -2.26. The summed E-state index contributed by atoms with van der Waals surface area (Å²) in [6.45, 7) is 0.304. The number of likely N-dealkylation sites (N-methyl/N-ethyl adjacent to an activating group) is 1. The van der Waals surface area contributed by atoms with Crippen LogP contribution in [-0.2, 0) is 11.3 Å². The highest BCUT2D eigenvalue weighted by atomic mass is 16.4. The zero-order chi connectivity index (χ0) is 12.1. The molecule has 0 saturated carbocycles. The average molecular weight is 222 g/mol. The Kier molecular flexibility index (Phi) is 4.02. The maximum absolute atomic E-state index is 11.1. The van der Waals surface area contributed by atoms with Crippen molar-refractivity contribution in [2.75, 3.05) is 13.6 Å². The molecule has 1 amide bonds. The second-order valence-corrected chi connectivity index (χ2v) is 3.59. The maximum Gasteiger partial charge on any atom is 0.317 e. The quantitative estimate of drug-likeness (QED) is 0.750. The summed E-state index contributed by atoms with van der Waals surface area (Å²) in [6, 6.07) is 6.90. The summed E-state index contributed by atoms with van der Waals surface area (Å²) in [5.41, 5.74) is 6.38. The van der Waals surface area contributed by atoms with Crippen molar-refractivity contribution in [1.29, 1.82) is 0 Å². The minimum absolute atomic E-state index is 0.0763. The fourth-order valence-electron chi connectivity index (χ4n) is 1.48. The van der Waals surface area contributed by atoms with Crippen LogP contribution in [0.4, 0.5) is 0 Å². The van der Waals surface area contributed by atoms with Crippen molar-refractivity contribution in [3.05, 3.63) is 35.4 Å². The van der Waals surface area contributed by atoms with Crippen molar-refractivity contribution < 1.29 is 14.7 Å².